The van der Waals surface area contributed by atoms with Crippen LogP contribution >= 0.6 is 0 Å². The fourth-order valence-corrected chi connectivity index (χ4v) is 1.80. The molecular weight excluding hydrogens is 216 g/mol. The van der Waals surface area contributed by atoms with Crippen LogP contribution in [0.2, 0.25) is 0 Å². The van der Waals surface area contributed by atoms with Crippen LogP contribution in [0, 0.1) is 0 Å². The summed E-state index contributed by atoms with van der Waals surface area (Å²) in [6.07, 6.45) is 0. The van der Waals surface area contributed by atoms with Crippen molar-refractivity contribution in [2.24, 2.45) is 0 Å². The number of rotatable bonds is 3. The molecular formula is C10H10O4S. The molecule has 15 heavy (non-hydrogen) atoms. The van der Waals surface area contributed by atoms with E-state index in [1.165, 1.54) is 31.2 Å². The lowest BCUT2D eigenvalue weighted by atomic mass is 10.1. The molecule has 1 N–H and O–H groups in total. The third-order valence-electron chi connectivity index (χ3n) is 1.80. The van der Waals surface area contributed by atoms with Gasteiger partial charge in [0.15, 0.2) is 5.78 Å². The molecule has 0 radical (unpaired) electrons. The van der Waals surface area contributed by atoms with Gasteiger partial charge in [-0.25, -0.2) is 0 Å². The number of ketones is 1. The van der Waals surface area contributed by atoms with Crippen LogP contribution < -0.4 is 0 Å². The van der Waals surface area contributed by atoms with Crippen LogP contribution in [0.3, 0.4) is 0 Å². The van der Waals surface area contributed by atoms with E-state index in [0.717, 1.165) is 0 Å². The highest BCUT2D eigenvalue weighted by molar-refractivity contribution is 7.86. The number of carbonyl (C=O) groups is 1. The lowest BCUT2D eigenvalue weighted by molar-refractivity contribution is 0.103. The predicted molar refractivity (Wildman–Crippen MR) is 55.4 cm³/mol. The van der Waals surface area contributed by atoms with Gasteiger partial charge in [-0.05, 0) is 24.6 Å². The van der Waals surface area contributed by atoms with Crippen molar-refractivity contribution in [3.05, 3.63) is 42.0 Å². The van der Waals surface area contributed by atoms with Crippen LogP contribution in [0.4, 0.5) is 0 Å². The zero-order chi connectivity index (χ0) is 11.6. The molecule has 0 atom stereocenters. The summed E-state index contributed by atoms with van der Waals surface area (Å²) in [6.45, 7) is 4.90. The van der Waals surface area contributed by atoms with Crippen molar-refractivity contribution in [1.29, 1.82) is 0 Å². The van der Waals surface area contributed by atoms with E-state index in [2.05, 4.69) is 6.58 Å². The summed E-state index contributed by atoms with van der Waals surface area (Å²) in [5.74, 6) is -0.497. The molecule has 80 valence electrons. The number of allylic oxidation sites excluding steroid dienone is 1. The molecule has 0 aliphatic carbocycles. The van der Waals surface area contributed by atoms with Crippen LogP contribution in [0.1, 0.15) is 17.3 Å². The Kier molecular flexibility index (Phi) is 3.06. The van der Waals surface area contributed by atoms with Crippen molar-refractivity contribution in [3.8, 4) is 0 Å². The molecule has 0 heterocycles. The quantitative estimate of drug-likeness (QED) is 0.483. The van der Waals surface area contributed by atoms with E-state index in [9.17, 15) is 13.2 Å². The maximum atomic E-state index is 11.5. The molecule has 0 aromatic heterocycles. The molecule has 0 spiro atoms. The lowest BCUT2D eigenvalue weighted by Crippen LogP contribution is -2.08. The molecule has 1 aromatic rings. The fourth-order valence-electron chi connectivity index (χ4n) is 1.11. The van der Waals surface area contributed by atoms with E-state index in [4.69, 9.17) is 4.55 Å². The third kappa shape index (κ3) is 2.51. The Morgan fingerprint density at radius 3 is 2.33 bits per heavy atom. The average Bonchev–Trinajstić information content (AvgIpc) is 2.15. The van der Waals surface area contributed by atoms with E-state index in [-0.39, 0.29) is 11.1 Å². The van der Waals surface area contributed by atoms with Crippen molar-refractivity contribution < 1.29 is 17.8 Å². The maximum Gasteiger partial charge on any atom is 0.295 e. The van der Waals surface area contributed by atoms with Gasteiger partial charge in [0, 0.05) is 5.56 Å². The summed E-state index contributed by atoms with van der Waals surface area (Å²) in [5.41, 5.74) is 0.151. The van der Waals surface area contributed by atoms with Crippen LogP contribution in [0.5, 0.6) is 0 Å². The number of hydrogen-bond donors (Lipinski definition) is 1. The standard InChI is InChI=1S/C10H10O4S/c1-7(2)10(11)8-5-3-4-6-9(8)15(12,13)14/h3-6H,1H2,2H3,(H,12,13,14). The summed E-state index contributed by atoms with van der Waals surface area (Å²) in [6, 6.07) is 5.45. The van der Waals surface area contributed by atoms with Gasteiger partial charge in [-0.3, -0.25) is 9.35 Å². The molecule has 0 fully saturated rings. The van der Waals surface area contributed by atoms with Gasteiger partial charge >= 0.3 is 0 Å². The highest BCUT2D eigenvalue weighted by atomic mass is 32.2. The van der Waals surface area contributed by atoms with Crippen LogP contribution in [-0.2, 0) is 10.1 Å². The van der Waals surface area contributed by atoms with Crippen molar-refractivity contribution in [1.82, 2.24) is 0 Å². The Bertz CT molecular complexity index is 514. The zero-order valence-electron chi connectivity index (χ0n) is 8.10. The second kappa shape index (κ2) is 3.96. The first-order valence-corrected chi connectivity index (χ1v) is 5.55. The minimum atomic E-state index is -4.37. The van der Waals surface area contributed by atoms with Gasteiger partial charge in [-0.1, -0.05) is 18.7 Å². The normalized spacial score (nSPS) is 11.1. The van der Waals surface area contributed by atoms with E-state index in [0.29, 0.717) is 0 Å². The molecule has 0 bridgehead atoms. The van der Waals surface area contributed by atoms with Crippen molar-refractivity contribution in [2.75, 3.05) is 0 Å². The van der Waals surface area contributed by atoms with Gasteiger partial charge in [0.25, 0.3) is 10.1 Å². The van der Waals surface area contributed by atoms with Gasteiger partial charge in [0.1, 0.15) is 4.90 Å². The Morgan fingerprint density at radius 2 is 1.87 bits per heavy atom. The Balaban J connectivity index is 3.44. The van der Waals surface area contributed by atoms with E-state index < -0.39 is 20.8 Å². The van der Waals surface area contributed by atoms with Crippen molar-refractivity contribution in [3.63, 3.8) is 0 Å². The molecule has 0 saturated carbocycles. The largest absolute Gasteiger partial charge is 0.295 e. The average molecular weight is 226 g/mol. The van der Waals surface area contributed by atoms with Crippen LogP contribution in [-0.4, -0.2) is 18.8 Å². The van der Waals surface area contributed by atoms with Gasteiger partial charge < -0.3 is 0 Å². The van der Waals surface area contributed by atoms with Crippen molar-refractivity contribution >= 4 is 15.9 Å². The zero-order valence-corrected chi connectivity index (χ0v) is 8.91. The summed E-state index contributed by atoms with van der Waals surface area (Å²) < 4.78 is 30.8. The van der Waals surface area contributed by atoms with Gasteiger partial charge in [-0.15, -0.1) is 0 Å². The first kappa shape index (κ1) is 11.6. The number of benzene rings is 1. The second-order valence-corrected chi connectivity index (χ2v) is 4.47. The molecule has 0 aliphatic rings. The number of carbonyl (C=O) groups excluding carboxylic acids is 1. The van der Waals surface area contributed by atoms with Crippen molar-refractivity contribution in [2.45, 2.75) is 11.8 Å². The molecule has 5 heteroatoms. The summed E-state index contributed by atoms with van der Waals surface area (Å²) >= 11 is 0. The van der Waals surface area contributed by atoms with Gasteiger partial charge in [0.05, 0.1) is 0 Å². The molecule has 0 aliphatic heterocycles. The molecule has 1 aromatic carbocycles. The van der Waals surface area contributed by atoms with Crippen LogP contribution in [0.15, 0.2) is 41.3 Å². The molecule has 0 unspecified atom stereocenters. The Hall–Kier alpha value is -1.46. The molecule has 1 rings (SSSR count). The minimum Gasteiger partial charge on any atom is -0.289 e. The highest BCUT2D eigenvalue weighted by Gasteiger charge is 2.19. The Morgan fingerprint density at radius 1 is 1.33 bits per heavy atom. The summed E-state index contributed by atoms with van der Waals surface area (Å²) in [5, 5.41) is 0. The van der Waals surface area contributed by atoms with E-state index >= 15 is 0 Å². The molecule has 0 saturated heterocycles. The number of Topliss-reactive ketones (excluding diaryl/α,β-unsaturated/α-hetero) is 1. The smallest absolute Gasteiger partial charge is 0.289 e. The number of hydrogen-bond acceptors (Lipinski definition) is 3. The molecule has 0 amide bonds. The monoisotopic (exact) mass is 226 g/mol. The fraction of sp³-hybridized carbons (Fsp3) is 0.100. The maximum absolute atomic E-state index is 11.5. The minimum absolute atomic E-state index is 0.0625. The lowest BCUT2D eigenvalue weighted by Gasteiger charge is -2.04. The Labute approximate surface area is 88.0 Å². The first-order chi connectivity index (χ1) is 6.84. The SMILES string of the molecule is C=C(C)C(=O)c1ccccc1S(=O)(=O)O. The predicted octanol–water partition coefficient (Wildman–Crippen LogP) is 1.69. The second-order valence-electron chi connectivity index (χ2n) is 3.08. The highest BCUT2D eigenvalue weighted by Crippen LogP contribution is 2.17. The topological polar surface area (TPSA) is 71.4 Å². The van der Waals surface area contributed by atoms with Crippen LogP contribution in [0.25, 0.3) is 0 Å². The summed E-state index contributed by atoms with van der Waals surface area (Å²) in [4.78, 5) is 11.1. The van der Waals surface area contributed by atoms with E-state index in [1.54, 1.807) is 0 Å². The molecule has 4 nitrogen and oxygen atoms in total. The van der Waals surface area contributed by atoms with Gasteiger partial charge in [0.2, 0.25) is 0 Å². The van der Waals surface area contributed by atoms with E-state index in [1.807, 2.05) is 0 Å². The van der Waals surface area contributed by atoms with Gasteiger partial charge in [-0.2, -0.15) is 8.42 Å². The third-order valence-corrected chi connectivity index (χ3v) is 2.71. The first-order valence-electron chi connectivity index (χ1n) is 4.11. The summed E-state index contributed by atoms with van der Waals surface area (Å²) in [7, 11) is -4.37.